The van der Waals surface area contributed by atoms with E-state index < -0.39 is 0 Å². The largest absolute Gasteiger partial charge is 0.495 e. The number of methoxy groups -OCH3 is 1. The summed E-state index contributed by atoms with van der Waals surface area (Å²) in [5, 5.41) is -0.359. The molecule has 0 bridgehead atoms. The van der Waals surface area contributed by atoms with Gasteiger partial charge < -0.3 is 9.15 Å². The quantitative estimate of drug-likeness (QED) is 0.812. The van der Waals surface area contributed by atoms with Crippen LogP contribution in [0.1, 0.15) is 5.76 Å². The number of furan rings is 1. The van der Waals surface area contributed by atoms with Crippen molar-refractivity contribution in [1.82, 2.24) is 0 Å². The third kappa shape index (κ3) is 2.45. The summed E-state index contributed by atoms with van der Waals surface area (Å²) < 4.78 is 10.4. The van der Waals surface area contributed by atoms with Crippen LogP contribution in [0.25, 0.3) is 6.08 Å². The third-order valence-corrected chi connectivity index (χ3v) is 3.81. The van der Waals surface area contributed by atoms with Gasteiger partial charge in [-0.25, -0.2) is 4.90 Å². The van der Waals surface area contributed by atoms with Gasteiger partial charge in [-0.15, -0.1) is 0 Å². The summed E-state index contributed by atoms with van der Waals surface area (Å²) in [5.74, 6) is 0.616. The molecule has 0 radical (unpaired) electrons. The molecule has 1 aromatic heterocycles. The molecule has 1 saturated heterocycles. The lowest BCUT2D eigenvalue weighted by Gasteiger charge is -2.15. The van der Waals surface area contributed by atoms with Gasteiger partial charge in [-0.05, 0) is 36.0 Å². The number of carbonyl (C=O) groups is 2. The molecule has 1 aliphatic heterocycles. The molecule has 1 aromatic carbocycles. The van der Waals surface area contributed by atoms with Gasteiger partial charge >= 0.3 is 0 Å². The lowest BCUT2D eigenvalue weighted by atomic mass is 10.2. The number of benzene rings is 1. The molecular weight excluding hydrogens is 290 g/mol. The summed E-state index contributed by atoms with van der Waals surface area (Å²) in [4.78, 5) is 26.0. The van der Waals surface area contributed by atoms with E-state index in [0.29, 0.717) is 22.1 Å². The van der Waals surface area contributed by atoms with Crippen molar-refractivity contribution in [2.24, 2.45) is 0 Å². The Morgan fingerprint density at radius 1 is 1.19 bits per heavy atom. The molecule has 106 valence electrons. The molecule has 0 unspecified atom stereocenters. The number of carbonyl (C=O) groups excluding carboxylic acids is 2. The van der Waals surface area contributed by atoms with E-state index in [-0.39, 0.29) is 11.1 Å². The summed E-state index contributed by atoms with van der Waals surface area (Å²) in [6.07, 6.45) is 3.07. The monoisotopic (exact) mass is 301 g/mol. The van der Waals surface area contributed by atoms with Crippen LogP contribution >= 0.6 is 11.8 Å². The van der Waals surface area contributed by atoms with Crippen molar-refractivity contribution in [3.8, 4) is 5.75 Å². The molecule has 0 saturated carbocycles. The SMILES string of the molecule is COc1ccccc1N1C(=O)S/C(=C\c2ccco2)C1=O. The number of anilines is 1. The van der Waals surface area contributed by atoms with Crippen LogP contribution in [0.2, 0.25) is 0 Å². The van der Waals surface area contributed by atoms with E-state index in [1.54, 1.807) is 42.5 Å². The van der Waals surface area contributed by atoms with Crippen LogP contribution in [0.4, 0.5) is 10.5 Å². The van der Waals surface area contributed by atoms with Crippen LogP contribution < -0.4 is 9.64 Å². The number of para-hydroxylation sites is 2. The van der Waals surface area contributed by atoms with Crippen molar-refractivity contribution in [3.63, 3.8) is 0 Å². The molecule has 1 fully saturated rings. The van der Waals surface area contributed by atoms with E-state index in [1.165, 1.54) is 13.4 Å². The van der Waals surface area contributed by atoms with Crippen LogP contribution in [0.3, 0.4) is 0 Å². The van der Waals surface area contributed by atoms with Gasteiger partial charge in [-0.3, -0.25) is 9.59 Å². The van der Waals surface area contributed by atoms with Crippen LogP contribution in [-0.2, 0) is 4.79 Å². The molecule has 2 aromatic rings. The van der Waals surface area contributed by atoms with Gasteiger partial charge in [0.25, 0.3) is 11.1 Å². The number of rotatable bonds is 3. The van der Waals surface area contributed by atoms with E-state index in [0.717, 1.165) is 16.7 Å². The van der Waals surface area contributed by atoms with E-state index in [4.69, 9.17) is 9.15 Å². The van der Waals surface area contributed by atoms with Gasteiger partial charge in [-0.2, -0.15) is 0 Å². The summed E-state index contributed by atoms with van der Waals surface area (Å²) in [7, 11) is 1.50. The smallest absolute Gasteiger partial charge is 0.298 e. The van der Waals surface area contributed by atoms with Crippen molar-refractivity contribution < 1.29 is 18.7 Å². The highest BCUT2D eigenvalue weighted by atomic mass is 32.2. The first-order chi connectivity index (χ1) is 10.2. The van der Waals surface area contributed by atoms with Crippen LogP contribution in [0, 0.1) is 0 Å². The second kappa shape index (κ2) is 5.49. The molecular formula is C15H11NO4S. The minimum absolute atomic E-state index is 0.320. The average Bonchev–Trinajstić information content (AvgIpc) is 3.09. The summed E-state index contributed by atoms with van der Waals surface area (Å²) in [6.45, 7) is 0. The first-order valence-corrected chi connectivity index (χ1v) is 6.97. The van der Waals surface area contributed by atoms with Crippen molar-refractivity contribution in [3.05, 3.63) is 53.3 Å². The number of hydrogen-bond donors (Lipinski definition) is 0. The van der Waals surface area contributed by atoms with E-state index in [2.05, 4.69) is 0 Å². The fraction of sp³-hybridized carbons (Fsp3) is 0.0667. The van der Waals surface area contributed by atoms with Crippen molar-refractivity contribution >= 4 is 34.7 Å². The Hall–Kier alpha value is -2.47. The number of ether oxygens (including phenoxy) is 1. The predicted molar refractivity (Wildman–Crippen MR) is 80.2 cm³/mol. The number of imide groups is 1. The van der Waals surface area contributed by atoms with Gasteiger partial charge in [0.2, 0.25) is 0 Å². The normalized spacial score (nSPS) is 16.8. The maximum Gasteiger partial charge on any atom is 0.298 e. The van der Waals surface area contributed by atoms with E-state index in [9.17, 15) is 9.59 Å². The minimum atomic E-state index is -0.383. The molecule has 0 atom stereocenters. The van der Waals surface area contributed by atoms with Crippen molar-refractivity contribution in [2.75, 3.05) is 12.0 Å². The first-order valence-electron chi connectivity index (χ1n) is 6.15. The molecule has 0 aliphatic carbocycles. The molecule has 3 rings (SSSR count). The Bertz CT molecular complexity index is 721. The van der Waals surface area contributed by atoms with Crippen molar-refractivity contribution in [1.29, 1.82) is 0 Å². The average molecular weight is 301 g/mol. The van der Waals surface area contributed by atoms with E-state index in [1.807, 2.05) is 0 Å². The third-order valence-electron chi connectivity index (χ3n) is 2.94. The highest BCUT2D eigenvalue weighted by molar-refractivity contribution is 8.19. The molecule has 1 aliphatic rings. The Morgan fingerprint density at radius 2 is 2.00 bits per heavy atom. The molecule has 2 heterocycles. The molecule has 21 heavy (non-hydrogen) atoms. The van der Waals surface area contributed by atoms with Crippen LogP contribution in [-0.4, -0.2) is 18.3 Å². The topological polar surface area (TPSA) is 59.8 Å². The summed E-state index contributed by atoms with van der Waals surface area (Å²) in [5.41, 5.74) is 0.436. The van der Waals surface area contributed by atoms with E-state index >= 15 is 0 Å². The fourth-order valence-electron chi connectivity index (χ4n) is 1.99. The number of hydrogen-bond acceptors (Lipinski definition) is 5. The fourth-order valence-corrected chi connectivity index (χ4v) is 2.81. The lowest BCUT2D eigenvalue weighted by Crippen LogP contribution is -2.28. The number of thioether (sulfide) groups is 1. The van der Waals surface area contributed by atoms with Gasteiger partial charge in [-0.1, -0.05) is 12.1 Å². The van der Waals surface area contributed by atoms with Gasteiger partial charge in [0, 0.05) is 6.08 Å². The predicted octanol–water partition coefficient (Wildman–Crippen LogP) is 3.53. The summed E-state index contributed by atoms with van der Waals surface area (Å²) >= 11 is 0.877. The minimum Gasteiger partial charge on any atom is -0.495 e. The number of nitrogens with zero attached hydrogens (tertiary/aromatic N) is 1. The van der Waals surface area contributed by atoms with Gasteiger partial charge in [0.15, 0.2) is 0 Å². The zero-order valence-electron chi connectivity index (χ0n) is 11.1. The highest BCUT2D eigenvalue weighted by Crippen LogP contribution is 2.39. The maximum atomic E-state index is 12.4. The molecule has 6 heteroatoms. The Balaban J connectivity index is 1.98. The van der Waals surface area contributed by atoms with Crippen LogP contribution in [0.15, 0.2) is 52.0 Å². The highest BCUT2D eigenvalue weighted by Gasteiger charge is 2.37. The summed E-state index contributed by atoms with van der Waals surface area (Å²) in [6, 6.07) is 10.3. The Kier molecular flexibility index (Phi) is 3.53. The zero-order valence-corrected chi connectivity index (χ0v) is 11.9. The van der Waals surface area contributed by atoms with Gasteiger partial charge in [0.1, 0.15) is 11.5 Å². The Morgan fingerprint density at radius 3 is 2.71 bits per heavy atom. The second-order valence-electron chi connectivity index (χ2n) is 4.20. The second-order valence-corrected chi connectivity index (χ2v) is 5.20. The molecule has 0 spiro atoms. The van der Waals surface area contributed by atoms with Gasteiger partial charge in [0.05, 0.1) is 24.0 Å². The molecule has 0 N–H and O–H groups in total. The lowest BCUT2D eigenvalue weighted by molar-refractivity contribution is -0.113. The van der Waals surface area contributed by atoms with Crippen LogP contribution in [0.5, 0.6) is 5.75 Å². The standard InChI is InChI=1S/C15H11NO4S/c1-19-12-7-3-2-6-11(12)16-14(17)13(21-15(16)18)9-10-5-4-8-20-10/h2-9H,1H3/b13-9-. The molecule has 5 nitrogen and oxygen atoms in total. The molecule has 2 amide bonds. The zero-order chi connectivity index (χ0) is 14.8. The maximum absolute atomic E-state index is 12.4. The first kappa shape index (κ1) is 13.5. The Labute approximate surface area is 125 Å². The van der Waals surface area contributed by atoms with Crippen molar-refractivity contribution in [2.45, 2.75) is 0 Å². The number of amides is 2.